The largest absolute Gasteiger partial charge is 0.504 e. The van der Waals surface area contributed by atoms with Gasteiger partial charge in [-0.05, 0) is 30.0 Å². The molecule has 0 aromatic heterocycles. The molecule has 124 valence electrons. The van der Waals surface area contributed by atoms with E-state index in [4.69, 9.17) is 31.9 Å². The first kappa shape index (κ1) is 19.7. The average Bonchev–Trinajstić information content (AvgIpc) is 2.42. The molecule has 0 bridgehead atoms. The molecule has 8 nitrogen and oxygen atoms in total. The number of carbonyl (C=O) groups is 2. The summed E-state index contributed by atoms with van der Waals surface area (Å²) in [5, 5.41) is 34.9. The maximum Gasteiger partial charge on any atom is 0.320 e. The quantitative estimate of drug-likeness (QED) is 0.416. The van der Waals surface area contributed by atoms with Gasteiger partial charge in [-0.3, -0.25) is 9.59 Å². The predicted octanol–water partition coefficient (Wildman–Crippen LogP) is 0.107. The molecule has 1 aromatic rings. The van der Waals surface area contributed by atoms with Crippen LogP contribution in [0.2, 0.25) is 0 Å². The Labute approximate surface area is 128 Å². The van der Waals surface area contributed by atoms with E-state index in [1.54, 1.807) is 13.8 Å². The first-order valence-electron chi connectivity index (χ1n) is 6.53. The molecule has 0 saturated carbocycles. The lowest BCUT2D eigenvalue weighted by molar-refractivity contribution is -0.140. The molecule has 8 N–H and O–H groups in total. The van der Waals surface area contributed by atoms with Crippen molar-refractivity contribution in [3.05, 3.63) is 23.8 Å². The van der Waals surface area contributed by atoms with Gasteiger partial charge in [0.25, 0.3) is 0 Å². The van der Waals surface area contributed by atoms with Crippen LogP contribution in [0.4, 0.5) is 0 Å². The Bertz CT molecular complexity index is 518. The van der Waals surface area contributed by atoms with Crippen molar-refractivity contribution in [3.63, 3.8) is 0 Å². The van der Waals surface area contributed by atoms with Gasteiger partial charge in [0.1, 0.15) is 12.1 Å². The number of aliphatic carboxylic acids is 2. The van der Waals surface area contributed by atoms with Crippen molar-refractivity contribution in [1.82, 2.24) is 0 Å². The molecule has 0 saturated heterocycles. The van der Waals surface area contributed by atoms with E-state index in [9.17, 15) is 9.59 Å². The molecule has 0 amide bonds. The summed E-state index contributed by atoms with van der Waals surface area (Å²) in [5.74, 6) is -2.53. The normalized spacial score (nSPS) is 13.0. The molecular formula is C14H22N2O6. The molecule has 1 rings (SSSR count). The summed E-state index contributed by atoms with van der Waals surface area (Å²) in [6, 6.07) is 2.38. The van der Waals surface area contributed by atoms with Gasteiger partial charge in [0, 0.05) is 0 Å². The molecule has 8 heteroatoms. The highest BCUT2D eigenvalue weighted by Crippen LogP contribution is 2.25. The summed E-state index contributed by atoms with van der Waals surface area (Å²) in [5.41, 5.74) is 11.0. The van der Waals surface area contributed by atoms with Crippen LogP contribution in [0.15, 0.2) is 18.2 Å². The lowest BCUT2D eigenvalue weighted by Crippen LogP contribution is -2.34. The molecule has 22 heavy (non-hydrogen) atoms. The molecule has 0 aliphatic heterocycles. The Morgan fingerprint density at radius 1 is 1.05 bits per heavy atom. The highest BCUT2D eigenvalue weighted by molar-refractivity contribution is 5.73. The zero-order valence-corrected chi connectivity index (χ0v) is 12.4. The van der Waals surface area contributed by atoms with Crippen LogP contribution in [0.3, 0.4) is 0 Å². The number of phenols is 2. The Morgan fingerprint density at radius 3 is 1.91 bits per heavy atom. The van der Waals surface area contributed by atoms with Gasteiger partial charge in [-0.1, -0.05) is 19.9 Å². The summed E-state index contributed by atoms with van der Waals surface area (Å²) in [6.45, 7) is 3.55. The van der Waals surface area contributed by atoms with Crippen LogP contribution in [0.25, 0.3) is 0 Å². The highest BCUT2D eigenvalue weighted by Gasteiger charge is 2.14. The monoisotopic (exact) mass is 314 g/mol. The number of hydrogen-bond donors (Lipinski definition) is 6. The van der Waals surface area contributed by atoms with Gasteiger partial charge < -0.3 is 31.9 Å². The lowest BCUT2D eigenvalue weighted by atomic mass is 10.1. The van der Waals surface area contributed by atoms with Gasteiger partial charge >= 0.3 is 11.9 Å². The van der Waals surface area contributed by atoms with E-state index in [0.717, 1.165) is 0 Å². The molecule has 1 aromatic carbocycles. The molecule has 0 unspecified atom stereocenters. The van der Waals surface area contributed by atoms with Crippen molar-refractivity contribution >= 4 is 11.9 Å². The number of phenolic OH excluding ortho intramolecular Hbond substituents is 2. The van der Waals surface area contributed by atoms with E-state index < -0.39 is 24.0 Å². The first-order chi connectivity index (χ1) is 10.1. The average molecular weight is 314 g/mol. The van der Waals surface area contributed by atoms with E-state index in [-0.39, 0.29) is 23.8 Å². The fraction of sp³-hybridized carbons (Fsp3) is 0.429. The van der Waals surface area contributed by atoms with E-state index in [1.165, 1.54) is 18.2 Å². The summed E-state index contributed by atoms with van der Waals surface area (Å²) in [7, 11) is 0. The first-order valence-corrected chi connectivity index (χ1v) is 6.53. The minimum Gasteiger partial charge on any atom is -0.504 e. The lowest BCUT2D eigenvalue weighted by Gasteiger charge is -2.07. The van der Waals surface area contributed by atoms with Gasteiger partial charge in [-0.2, -0.15) is 0 Å². The van der Waals surface area contributed by atoms with Crippen molar-refractivity contribution in [2.45, 2.75) is 32.4 Å². The molecule has 0 aliphatic rings. The van der Waals surface area contributed by atoms with Crippen molar-refractivity contribution in [2.75, 3.05) is 0 Å². The van der Waals surface area contributed by atoms with Gasteiger partial charge in [-0.15, -0.1) is 0 Å². The van der Waals surface area contributed by atoms with Gasteiger partial charge in [0.2, 0.25) is 0 Å². The maximum absolute atomic E-state index is 10.4. The standard InChI is InChI=1S/C9H11NO4.C5H11NO2/c10-6(9(13)14)3-5-1-2-7(11)8(12)4-5;1-3(2)4(6)5(7)8/h1-2,4,6,11-12H,3,10H2,(H,13,14);3-4H,6H2,1-2H3,(H,7,8)/t6-;4-/m00/s1. The third kappa shape index (κ3) is 6.91. The van der Waals surface area contributed by atoms with Crippen molar-refractivity contribution in [3.8, 4) is 11.5 Å². The molecule has 0 radical (unpaired) electrons. The topological polar surface area (TPSA) is 167 Å². The van der Waals surface area contributed by atoms with E-state index in [2.05, 4.69) is 0 Å². The second-order valence-corrected chi connectivity index (χ2v) is 5.08. The van der Waals surface area contributed by atoms with E-state index >= 15 is 0 Å². The van der Waals surface area contributed by atoms with Crippen molar-refractivity contribution < 1.29 is 30.0 Å². The minimum absolute atomic E-state index is 0.0208. The number of rotatable bonds is 5. The Kier molecular flexibility index (Phi) is 7.92. The Morgan fingerprint density at radius 2 is 1.59 bits per heavy atom. The molecule has 0 heterocycles. The van der Waals surface area contributed by atoms with Gasteiger partial charge in [0.15, 0.2) is 11.5 Å². The second kappa shape index (κ2) is 8.85. The van der Waals surface area contributed by atoms with Crippen molar-refractivity contribution in [2.24, 2.45) is 17.4 Å². The van der Waals surface area contributed by atoms with Gasteiger partial charge in [0.05, 0.1) is 0 Å². The summed E-state index contributed by atoms with van der Waals surface area (Å²) in [4.78, 5) is 20.4. The third-order valence-corrected chi connectivity index (χ3v) is 2.82. The number of aromatic hydroxyl groups is 2. The summed E-state index contributed by atoms with van der Waals surface area (Å²) < 4.78 is 0. The molecule has 0 fully saturated rings. The predicted molar refractivity (Wildman–Crippen MR) is 79.5 cm³/mol. The fourth-order valence-corrected chi connectivity index (χ4v) is 1.32. The number of benzene rings is 1. The van der Waals surface area contributed by atoms with Crippen LogP contribution < -0.4 is 11.5 Å². The van der Waals surface area contributed by atoms with Crippen LogP contribution in [0.5, 0.6) is 11.5 Å². The van der Waals surface area contributed by atoms with Crippen LogP contribution >= 0.6 is 0 Å². The molecule has 2 atom stereocenters. The summed E-state index contributed by atoms with van der Waals surface area (Å²) in [6.07, 6.45) is 0.114. The number of nitrogens with two attached hydrogens (primary N) is 2. The number of carboxylic acids is 2. The van der Waals surface area contributed by atoms with Crippen LogP contribution in [0, 0.1) is 5.92 Å². The molecule has 0 spiro atoms. The van der Waals surface area contributed by atoms with Crippen LogP contribution in [-0.2, 0) is 16.0 Å². The summed E-state index contributed by atoms with van der Waals surface area (Å²) >= 11 is 0. The SMILES string of the molecule is CC(C)[C@H](N)C(=O)O.N[C@@H](Cc1ccc(O)c(O)c1)C(=O)O. The Hall–Kier alpha value is -2.32. The molecular weight excluding hydrogens is 292 g/mol. The number of carboxylic acid groups (broad SMARTS) is 2. The smallest absolute Gasteiger partial charge is 0.320 e. The van der Waals surface area contributed by atoms with E-state index in [0.29, 0.717) is 5.56 Å². The zero-order chi connectivity index (χ0) is 17.4. The maximum atomic E-state index is 10.4. The fourth-order valence-electron chi connectivity index (χ4n) is 1.32. The third-order valence-electron chi connectivity index (χ3n) is 2.82. The molecule has 0 aliphatic carbocycles. The van der Waals surface area contributed by atoms with Gasteiger partial charge in [-0.25, -0.2) is 0 Å². The number of hydrogen-bond acceptors (Lipinski definition) is 6. The van der Waals surface area contributed by atoms with Crippen LogP contribution in [-0.4, -0.2) is 44.4 Å². The highest BCUT2D eigenvalue weighted by atomic mass is 16.4. The second-order valence-electron chi connectivity index (χ2n) is 5.08. The van der Waals surface area contributed by atoms with Crippen LogP contribution in [0.1, 0.15) is 19.4 Å². The van der Waals surface area contributed by atoms with Crippen molar-refractivity contribution in [1.29, 1.82) is 0 Å². The zero-order valence-electron chi connectivity index (χ0n) is 12.4. The Balaban J connectivity index is 0.000000472. The minimum atomic E-state index is -1.10. The van der Waals surface area contributed by atoms with E-state index in [1.807, 2.05) is 0 Å².